The van der Waals surface area contributed by atoms with Crippen LogP contribution in [0.3, 0.4) is 0 Å². The molecule has 0 saturated carbocycles. The van der Waals surface area contributed by atoms with Crippen LogP contribution in [0.4, 0.5) is 0 Å². The lowest BCUT2D eigenvalue weighted by molar-refractivity contribution is -0.698. The normalized spacial score (nSPS) is 14.3. The molecule has 1 aromatic rings. The second kappa shape index (κ2) is 10.7. The molecule has 0 aliphatic carbocycles. The third-order valence-corrected chi connectivity index (χ3v) is 3.24. The first-order chi connectivity index (χ1) is 10.2. The van der Waals surface area contributed by atoms with Gasteiger partial charge >= 0.3 is 0 Å². The number of hydrogen-bond acceptors (Lipinski definition) is 4. The van der Waals surface area contributed by atoms with Gasteiger partial charge in [0.25, 0.3) is 0 Å². The van der Waals surface area contributed by atoms with E-state index in [4.69, 9.17) is 18.9 Å². The Morgan fingerprint density at radius 3 is 2.24 bits per heavy atom. The molecule has 1 rings (SSSR count). The van der Waals surface area contributed by atoms with Crippen molar-refractivity contribution in [2.24, 2.45) is 0 Å². The summed E-state index contributed by atoms with van der Waals surface area (Å²) in [5.74, 6) is 0. The highest BCUT2D eigenvalue weighted by Gasteiger charge is 2.05. The number of aromatic nitrogens is 2. The van der Waals surface area contributed by atoms with Crippen molar-refractivity contribution in [3.63, 3.8) is 0 Å². The van der Waals surface area contributed by atoms with Gasteiger partial charge in [-0.15, -0.1) is 0 Å². The van der Waals surface area contributed by atoms with E-state index in [1.54, 1.807) is 14.2 Å². The topological polar surface area (TPSA) is 45.7 Å². The summed E-state index contributed by atoms with van der Waals surface area (Å²) in [5.41, 5.74) is 0. The summed E-state index contributed by atoms with van der Waals surface area (Å²) in [4.78, 5) is 0. The SMILES string of the molecule is COC(C)COCCn1cc[n+](CCOCC(C)OC)c1. The lowest BCUT2D eigenvalue weighted by atomic mass is 10.4. The van der Waals surface area contributed by atoms with E-state index in [1.807, 2.05) is 26.2 Å². The Hall–Kier alpha value is -0.950. The molecule has 0 amide bonds. The smallest absolute Gasteiger partial charge is 0.243 e. The average molecular weight is 301 g/mol. The molecule has 0 radical (unpaired) electrons. The largest absolute Gasteiger partial charge is 0.379 e. The van der Waals surface area contributed by atoms with Gasteiger partial charge in [0.15, 0.2) is 0 Å². The number of methoxy groups -OCH3 is 2. The van der Waals surface area contributed by atoms with Crippen LogP contribution < -0.4 is 4.57 Å². The van der Waals surface area contributed by atoms with Crippen LogP contribution in [0.15, 0.2) is 18.7 Å². The minimum Gasteiger partial charge on any atom is -0.379 e. The molecule has 0 N–H and O–H groups in total. The summed E-state index contributed by atoms with van der Waals surface area (Å²) in [6.07, 6.45) is 6.44. The minimum atomic E-state index is 0.145. The van der Waals surface area contributed by atoms with Crippen molar-refractivity contribution in [3.05, 3.63) is 18.7 Å². The van der Waals surface area contributed by atoms with Gasteiger partial charge in [-0.1, -0.05) is 0 Å². The second-order valence-corrected chi connectivity index (χ2v) is 5.13. The van der Waals surface area contributed by atoms with Crippen LogP contribution in [-0.4, -0.2) is 57.4 Å². The first-order valence-corrected chi connectivity index (χ1v) is 7.41. The lowest BCUT2D eigenvalue weighted by Crippen LogP contribution is -2.34. The zero-order valence-electron chi connectivity index (χ0n) is 13.7. The number of rotatable bonds is 12. The molecule has 0 aromatic carbocycles. The molecule has 6 nitrogen and oxygen atoms in total. The molecule has 2 atom stereocenters. The van der Waals surface area contributed by atoms with Crippen molar-refractivity contribution in [2.45, 2.75) is 39.1 Å². The highest BCUT2D eigenvalue weighted by atomic mass is 16.5. The molecule has 0 fully saturated rings. The summed E-state index contributed by atoms with van der Waals surface area (Å²) < 4.78 is 25.6. The molecular formula is C15H29N2O4+. The molecule has 21 heavy (non-hydrogen) atoms. The highest BCUT2D eigenvalue weighted by molar-refractivity contribution is 4.66. The summed E-state index contributed by atoms with van der Waals surface area (Å²) in [6.45, 7) is 8.29. The van der Waals surface area contributed by atoms with E-state index in [0.717, 1.165) is 13.1 Å². The van der Waals surface area contributed by atoms with Gasteiger partial charge in [0.1, 0.15) is 25.5 Å². The van der Waals surface area contributed by atoms with Crippen LogP contribution >= 0.6 is 0 Å². The average Bonchev–Trinajstić information content (AvgIpc) is 2.95. The second-order valence-electron chi connectivity index (χ2n) is 5.13. The minimum absolute atomic E-state index is 0.145. The van der Waals surface area contributed by atoms with Gasteiger partial charge in [-0.25, -0.2) is 9.13 Å². The predicted octanol–water partition coefficient (Wildman–Crippen LogP) is 0.879. The molecule has 0 aliphatic rings. The third-order valence-electron chi connectivity index (χ3n) is 3.24. The standard InChI is InChI=1S/C15H29N2O4/c1-14(18-3)11-20-9-7-16-5-6-17(13-16)8-10-21-12-15(2)19-4/h5-6,13-15H,7-12H2,1-4H3/q+1. The van der Waals surface area contributed by atoms with Crippen molar-refractivity contribution in [3.8, 4) is 0 Å². The Balaban J connectivity index is 2.12. The van der Waals surface area contributed by atoms with Gasteiger partial charge in [0, 0.05) is 14.2 Å². The molecule has 0 aliphatic heterocycles. The highest BCUT2D eigenvalue weighted by Crippen LogP contribution is 1.92. The summed E-state index contributed by atoms with van der Waals surface area (Å²) >= 11 is 0. The lowest BCUT2D eigenvalue weighted by Gasteiger charge is -2.09. The Labute approximate surface area is 127 Å². The summed E-state index contributed by atoms with van der Waals surface area (Å²) in [5, 5.41) is 0. The van der Waals surface area contributed by atoms with Crippen molar-refractivity contribution in [2.75, 3.05) is 40.6 Å². The monoisotopic (exact) mass is 301 g/mol. The Morgan fingerprint density at radius 1 is 1.00 bits per heavy atom. The quantitative estimate of drug-likeness (QED) is 0.425. The van der Waals surface area contributed by atoms with Gasteiger partial charge < -0.3 is 18.9 Å². The fraction of sp³-hybridized carbons (Fsp3) is 0.800. The van der Waals surface area contributed by atoms with E-state index >= 15 is 0 Å². The first-order valence-electron chi connectivity index (χ1n) is 7.41. The van der Waals surface area contributed by atoms with Crippen molar-refractivity contribution < 1.29 is 23.5 Å². The molecule has 1 heterocycles. The van der Waals surface area contributed by atoms with Crippen LogP contribution in [0.1, 0.15) is 13.8 Å². The number of imidazole rings is 1. The van der Waals surface area contributed by atoms with E-state index in [-0.39, 0.29) is 12.2 Å². The van der Waals surface area contributed by atoms with Gasteiger partial charge in [0.05, 0.1) is 38.6 Å². The Kier molecular flexibility index (Phi) is 9.25. The summed E-state index contributed by atoms with van der Waals surface area (Å²) in [7, 11) is 3.39. The maximum atomic E-state index is 5.54. The molecule has 1 aromatic heterocycles. The number of nitrogens with zero attached hydrogens (tertiary/aromatic N) is 2. The predicted molar refractivity (Wildman–Crippen MR) is 79.2 cm³/mol. The van der Waals surface area contributed by atoms with Crippen LogP contribution in [0, 0.1) is 0 Å². The van der Waals surface area contributed by atoms with Gasteiger partial charge in [0.2, 0.25) is 6.33 Å². The van der Waals surface area contributed by atoms with E-state index in [1.165, 1.54) is 0 Å². The van der Waals surface area contributed by atoms with Crippen LogP contribution in [0.5, 0.6) is 0 Å². The van der Waals surface area contributed by atoms with Crippen LogP contribution in [0.2, 0.25) is 0 Å². The number of hydrogen-bond donors (Lipinski definition) is 0. The molecule has 0 saturated heterocycles. The summed E-state index contributed by atoms with van der Waals surface area (Å²) in [6, 6.07) is 0. The zero-order valence-corrected chi connectivity index (χ0v) is 13.7. The fourth-order valence-corrected chi connectivity index (χ4v) is 1.68. The Bertz CT molecular complexity index is 338. The maximum Gasteiger partial charge on any atom is 0.243 e. The number of ether oxygens (including phenoxy) is 4. The fourth-order valence-electron chi connectivity index (χ4n) is 1.68. The van der Waals surface area contributed by atoms with E-state index < -0.39 is 0 Å². The van der Waals surface area contributed by atoms with Gasteiger partial charge in [-0.05, 0) is 13.8 Å². The Morgan fingerprint density at radius 2 is 1.62 bits per heavy atom. The molecule has 0 bridgehead atoms. The molecule has 122 valence electrons. The van der Waals surface area contributed by atoms with E-state index in [2.05, 4.69) is 15.5 Å². The maximum absolute atomic E-state index is 5.54. The first kappa shape index (κ1) is 18.1. The van der Waals surface area contributed by atoms with Crippen molar-refractivity contribution in [1.29, 1.82) is 0 Å². The van der Waals surface area contributed by atoms with Gasteiger partial charge in [-0.3, -0.25) is 0 Å². The molecular weight excluding hydrogens is 272 g/mol. The van der Waals surface area contributed by atoms with Crippen LogP contribution in [0.25, 0.3) is 0 Å². The molecule has 6 heteroatoms. The molecule has 0 spiro atoms. The van der Waals surface area contributed by atoms with E-state index in [9.17, 15) is 0 Å². The van der Waals surface area contributed by atoms with E-state index in [0.29, 0.717) is 26.4 Å². The molecule has 2 unspecified atom stereocenters. The van der Waals surface area contributed by atoms with Gasteiger partial charge in [-0.2, -0.15) is 0 Å². The third kappa shape index (κ3) is 8.16. The zero-order chi connectivity index (χ0) is 15.5. The van der Waals surface area contributed by atoms with Crippen molar-refractivity contribution >= 4 is 0 Å². The van der Waals surface area contributed by atoms with Crippen LogP contribution in [-0.2, 0) is 32.0 Å². The van der Waals surface area contributed by atoms with Crippen molar-refractivity contribution in [1.82, 2.24) is 4.57 Å².